The normalized spacial score (nSPS) is 10.8. The van der Waals surface area contributed by atoms with Crippen molar-refractivity contribution in [3.05, 3.63) is 107 Å². The van der Waals surface area contributed by atoms with Gasteiger partial charge < -0.3 is 10.6 Å². The monoisotopic (exact) mass is 530 g/mol. The van der Waals surface area contributed by atoms with Crippen molar-refractivity contribution in [3.8, 4) is 16.9 Å². The number of pyridine rings is 1. The van der Waals surface area contributed by atoms with Crippen LogP contribution in [0.3, 0.4) is 0 Å². The van der Waals surface area contributed by atoms with E-state index in [0.717, 1.165) is 0 Å². The Bertz CT molecular complexity index is 1630. The van der Waals surface area contributed by atoms with Gasteiger partial charge in [0.15, 0.2) is 5.69 Å². The highest BCUT2D eigenvalue weighted by molar-refractivity contribution is 6.34. The predicted molar refractivity (Wildman–Crippen MR) is 138 cm³/mol. The van der Waals surface area contributed by atoms with E-state index in [0.29, 0.717) is 16.9 Å². The molecule has 2 aromatic carbocycles. The number of nitrogens with zero attached hydrogens (tertiary/aromatic N) is 6. The van der Waals surface area contributed by atoms with E-state index in [1.165, 1.54) is 45.9 Å². The molecule has 0 saturated carbocycles. The molecule has 0 aliphatic carbocycles. The van der Waals surface area contributed by atoms with Crippen LogP contribution in [0.2, 0.25) is 5.02 Å². The van der Waals surface area contributed by atoms with Crippen LogP contribution in [0.25, 0.3) is 16.9 Å². The molecule has 5 rings (SSSR count). The van der Waals surface area contributed by atoms with E-state index in [-0.39, 0.29) is 34.3 Å². The van der Waals surface area contributed by atoms with Crippen molar-refractivity contribution in [3.63, 3.8) is 0 Å². The minimum atomic E-state index is -0.572. The minimum Gasteiger partial charge on any atom is -0.345 e. The minimum absolute atomic E-state index is 0.0726. The van der Waals surface area contributed by atoms with Crippen LogP contribution in [0.1, 0.15) is 26.5 Å². The van der Waals surface area contributed by atoms with Crippen LogP contribution in [-0.2, 0) is 13.6 Å². The fraction of sp³-hybridized carbons (Fsp3) is 0.0769. The highest BCUT2D eigenvalue weighted by Gasteiger charge is 2.20. The molecular weight excluding hydrogens is 511 g/mol. The number of amides is 2. The van der Waals surface area contributed by atoms with Gasteiger partial charge in [0, 0.05) is 31.1 Å². The van der Waals surface area contributed by atoms with E-state index < -0.39 is 17.6 Å². The molecule has 0 spiro atoms. The average molecular weight is 531 g/mol. The first-order valence-corrected chi connectivity index (χ1v) is 11.8. The molecule has 3 heterocycles. The fourth-order valence-corrected chi connectivity index (χ4v) is 3.92. The molecule has 0 unspecified atom stereocenters. The van der Waals surface area contributed by atoms with Gasteiger partial charge in [-0.3, -0.25) is 19.3 Å². The Morgan fingerprint density at radius 3 is 2.58 bits per heavy atom. The van der Waals surface area contributed by atoms with E-state index in [2.05, 4.69) is 31.0 Å². The summed E-state index contributed by atoms with van der Waals surface area (Å²) in [5.74, 6) is -1.33. The van der Waals surface area contributed by atoms with Crippen LogP contribution in [-0.4, -0.2) is 41.6 Å². The number of anilines is 1. The Morgan fingerprint density at radius 1 is 1.03 bits per heavy atom. The second-order valence-electron chi connectivity index (χ2n) is 8.21. The molecule has 3 aromatic heterocycles. The summed E-state index contributed by atoms with van der Waals surface area (Å²) in [4.78, 5) is 30.2. The SMILES string of the molecule is Cn1cc(CNC(=O)c2cc(NC(=O)c3cc(-c4ncccc4F)ccc3Cl)n(-c3ccccc3)n2)nn1. The molecular formula is C26H20ClFN8O2. The number of halogens is 2. The zero-order chi connectivity index (χ0) is 26.6. The second-order valence-corrected chi connectivity index (χ2v) is 8.62. The lowest BCUT2D eigenvalue weighted by Crippen LogP contribution is -2.23. The summed E-state index contributed by atoms with van der Waals surface area (Å²) in [7, 11) is 1.73. The fourth-order valence-electron chi connectivity index (χ4n) is 3.71. The highest BCUT2D eigenvalue weighted by Crippen LogP contribution is 2.27. The lowest BCUT2D eigenvalue weighted by molar-refractivity contribution is 0.0944. The molecule has 38 heavy (non-hydrogen) atoms. The van der Waals surface area contributed by atoms with Crippen molar-refractivity contribution in [2.24, 2.45) is 7.05 Å². The smallest absolute Gasteiger partial charge is 0.272 e. The first-order chi connectivity index (χ1) is 18.4. The Hall–Kier alpha value is -4.90. The first kappa shape index (κ1) is 24.8. The molecule has 0 atom stereocenters. The summed E-state index contributed by atoms with van der Waals surface area (Å²) in [6, 6.07) is 17.8. The number of nitrogens with one attached hydrogen (secondary N) is 2. The molecule has 0 saturated heterocycles. The lowest BCUT2D eigenvalue weighted by atomic mass is 10.1. The van der Waals surface area contributed by atoms with Crippen molar-refractivity contribution < 1.29 is 14.0 Å². The number of carbonyl (C=O) groups is 2. The predicted octanol–water partition coefficient (Wildman–Crippen LogP) is 4.04. The topological polar surface area (TPSA) is 120 Å². The van der Waals surface area contributed by atoms with Crippen LogP contribution in [0, 0.1) is 5.82 Å². The van der Waals surface area contributed by atoms with Gasteiger partial charge in [0.1, 0.15) is 23.0 Å². The Balaban J connectivity index is 1.44. The van der Waals surface area contributed by atoms with E-state index >= 15 is 0 Å². The van der Waals surface area contributed by atoms with Crippen LogP contribution in [0.4, 0.5) is 10.2 Å². The van der Waals surface area contributed by atoms with Gasteiger partial charge in [-0.1, -0.05) is 41.1 Å². The van der Waals surface area contributed by atoms with Crippen LogP contribution >= 0.6 is 11.6 Å². The number of aromatic nitrogens is 6. The van der Waals surface area contributed by atoms with Crippen LogP contribution in [0.5, 0.6) is 0 Å². The van der Waals surface area contributed by atoms with Gasteiger partial charge in [-0.2, -0.15) is 5.10 Å². The summed E-state index contributed by atoms with van der Waals surface area (Å²) >= 11 is 6.32. The number of carbonyl (C=O) groups excluding carboxylic acids is 2. The third kappa shape index (κ3) is 5.27. The molecule has 0 radical (unpaired) electrons. The average Bonchev–Trinajstić information content (AvgIpc) is 3.54. The summed E-state index contributed by atoms with van der Waals surface area (Å²) in [6.45, 7) is 0.152. The van der Waals surface area contributed by atoms with Gasteiger partial charge in [-0.05, 0) is 36.4 Å². The standard InChI is InChI=1S/C26H20ClFN8O2/c1-35-15-17(32-34-35)14-30-26(38)22-13-23(36(33-22)18-6-3-2-4-7-18)31-25(37)19-12-16(9-10-20(19)27)24-21(28)8-5-11-29-24/h2-13,15H,14H2,1H3,(H,30,38)(H,31,37). The van der Waals surface area contributed by atoms with Crippen molar-refractivity contribution in [1.29, 1.82) is 0 Å². The van der Waals surface area contributed by atoms with Gasteiger partial charge in [-0.15, -0.1) is 5.10 Å². The number of hydrogen-bond donors (Lipinski definition) is 2. The molecule has 2 amide bonds. The maximum atomic E-state index is 14.3. The Labute approximate surface area is 221 Å². The van der Waals surface area contributed by atoms with E-state index in [4.69, 9.17) is 11.6 Å². The zero-order valence-electron chi connectivity index (χ0n) is 20.0. The van der Waals surface area contributed by atoms with E-state index in [9.17, 15) is 14.0 Å². The maximum absolute atomic E-state index is 14.3. The molecule has 12 heteroatoms. The van der Waals surface area contributed by atoms with E-state index in [1.807, 2.05) is 6.07 Å². The first-order valence-electron chi connectivity index (χ1n) is 11.4. The molecule has 10 nitrogen and oxygen atoms in total. The quantitative estimate of drug-likeness (QED) is 0.328. The van der Waals surface area contributed by atoms with Gasteiger partial charge in [0.2, 0.25) is 0 Å². The molecule has 0 aliphatic heterocycles. The number of benzene rings is 2. The summed E-state index contributed by atoms with van der Waals surface area (Å²) in [5.41, 5.74) is 1.85. The molecule has 5 aromatic rings. The molecule has 0 bridgehead atoms. The Morgan fingerprint density at radius 2 is 1.84 bits per heavy atom. The molecule has 0 fully saturated rings. The third-order valence-electron chi connectivity index (χ3n) is 5.51. The number of rotatable bonds is 7. The third-order valence-corrected chi connectivity index (χ3v) is 5.84. The number of hydrogen-bond acceptors (Lipinski definition) is 6. The number of para-hydroxylation sites is 1. The second kappa shape index (κ2) is 10.6. The summed E-state index contributed by atoms with van der Waals surface area (Å²) in [6.07, 6.45) is 3.14. The Kier molecular flexibility index (Phi) is 6.92. The van der Waals surface area contributed by atoms with Gasteiger partial charge in [0.25, 0.3) is 11.8 Å². The summed E-state index contributed by atoms with van der Waals surface area (Å²) in [5, 5.41) is 17.8. The van der Waals surface area contributed by atoms with Crippen molar-refractivity contribution >= 4 is 29.2 Å². The van der Waals surface area contributed by atoms with Crippen LogP contribution < -0.4 is 10.6 Å². The lowest BCUT2D eigenvalue weighted by Gasteiger charge is -2.11. The van der Waals surface area contributed by atoms with Gasteiger partial charge in [0.05, 0.1) is 22.8 Å². The van der Waals surface area contributed by atoms with Gasteiger partial charge in [-0.25, -0.2) is 9.07 Å². The maximum Gasteiger partial charge on any atom is 0.272 e. The van der Waals surface area contributed by atoms with Crippen molar-refractivity contribution in [2.75, 3.05) is 5.32 Å². The zero-order valence-corrected chi connectivity index (χ0v) is 20.7. The largest absolute Gasteiger partial charge is 0.345 e. The van der Waals surface area contributed by atoms with E-state index in [1.54, 1.807) is 43.6 Å². The number of aryl methyl sites for hydroxylation is 1. The van der Waals surface area contributed by atoms with Crippen LogP contribution in [0.15, 0.2) is 79.1 Å². The highest BCUT2D eigenvalue weighted by atomic mass is 35.5. The van der Waals surface area contributed by atoms with Crippen molar-refractivity contribution in [2.45, 2.75) is 6.54 Å². The van der Waals surface area contributed by atoms with Gasteiger partial charge >= 0.3 is 0 Å². The summed E-state index contributed by atoms with van der Waals surface area (Å²) < 4.78 is 17.3. The van der Waals surface area contributed by atoms with Crippen molar-refractivity contribution in [1.82, 2.24) is 35.1 Å². The molecule has 190 valence electrons. The molecule has 2 N–H and O–H groups in total. The molecule has 0 aliphatic rings.